The second-order valence-electron chi connectivity index (χ2n) is 2.87. The molecule has 16 heavy (non-hydrogen) atoms. The minimum atomic E-state index is -4.99. The van der Waals surface area contributed by atoms with E-state index in [0.717, 1.165) is 12.5 Å². The van der Waals surface area contributed by atoms with Crippen molar-refractivity contribution < 1.29 is 27.1 Å². The van der Waals surface area contributed by atoms with E-state index < -0.39 is 12.3 Å². The van der Waals surface area contributed by atoms with Gasteiger partial charge in [-0.25, -0.2) is 9.78 Å². The lowest BCUT2D eigenvalue weighted by Crippen LogP contribution is -2.19. The second kappa shape index (κ2) is 3.51. The lowest BCUT2D eigenvalue weighted by atomic mass is 10.2. The summed E-state index contributed by atoms with van der Waals surface area (Å²) in [6, 6.07) is 3.67. The molecule has 0 aliphatic rings. The summed E-state index contributed by atoms with van der Waals surface area (Å²) < 4.78 is 43.4. The van der Waals surface area contributed by atoms with Gasteiger partial charge in [0.05, 0.1) is 5.56 Å². The number of fused-ring (bicyclic) bond motifs is 1. The molecular formula is C9H4F3NO3. The lowest BCUT2D eigenvalue weighted by molar-refractivity contribution is -0.291. The van der Waals surface area contributed by atoms with Crippen molar-refractivity contribution in [3.05, 3.63) is 30.2 Å². The standard InChI is InChI=1S/C9H4F3NO3/c10-9(11,12)16-8(14)5-1-2-7-6(3-5)13-4-15-7/h1-4H. The average molecular weight is 231 g/mol. The molecule has 0 amide bonds. The maximum Gasteiger partial charge on any atom is 0.575 e. The molecule has 1 aromatic heterocycles. The number of halogens is 3. The van der Waals surface area contributed by atoms with E-state index in [0.29, 0.717) is 5.58 Å². The number of esters is 1. The molecule has 2 rings (SSSR count). The van der Waals surface area contributed by atoms with E-state index in [4.69, 9.17) is 4.42 Å². The van der Waals surface area contributed by atoms with Crippen LogP contribution in [0.1, 0.15) is 10.4 Å². The highest BCUT2D eigenvalue weighted by atomic mass is 19.4. The van der Waals surface area contributed by atoms with E-state index in [1.165, 1.54) is 12.1 Å². The molecule has 4 nitrogen and oxygen atoms in total. The summed E-state index contributed by atoms with van der Waals surface area (Å²) in [6.07, 6.45) is -3.86. The van der Waals surface area contributed by atoms with Gasteiger partial charge in [0.25, 0.3) is 0 Å². The Balaban J connectivity index is 2.29. The molecule has 0 radical (unpaired) electrons. The van der Waals surface area contributed by atoms with Crippen LogP contribution in [0, 0.1) is 0 Å². The molecule has 0 saturated heterocycles. The SMILES string of the molecule is O=C(OC(F)(F)F)c1ccc2ocnc2c1. The Hall–Kier alpha value is -2.05. The summed E-state index contributed by atoms with van der Waals surface area (Å²) in [5.41, 5.74) is 0.430. The summed E-state index contributed by atoms with van der Waals surface area (Å²) in [6.45, 7) is 0. The first-order valence-electron chi connectivity index (χ1n) is 4.09. The zero-order valence-corrected chi connectivity index (χ0v) is 7.62. The van der Waals surface area contributed by atoms with Crippen LogP contribution in [0.4, 0.5) is 13.2 Å². The van der Waals surface area contributed by atoms with Crippen LogP contribution < -0.4 is 0 Å². The molecule has 7 heteroatoms. The van der Waals surface area contributed by atoms with Gasteiger partial charge < -0.3 is 9.15 Å². The highest BCUT2D eigenvalue weighted by molar-refractivity contribution is 5.93. The van der Waals surface area contributed by atoms with Crippen LogP contribution in [0.2, 0.25) is 0 Å². The normalized spacial score (nSPS) is 11.7. The monoisotopic (exact) mass is 231 g/mol. The first-order chi connectivity index (χ1) is 7.46. The molecule has 1 heterocycles. The summed E-state index contributed by atoms with van der Waals surface area (Å²) in [4.78, 5) is 14.7. The molecule has 0 unspecified atom stereocenters. The third-order valence-electron chi connectivity index (χ3n) is 1.77. The summed E-state index contributed by atoms with van der Waals surface area (Å²) in [5, 5.41) is 0. The fourth-order valence-corrected chi connectivity index (χ4v) is 1.15. The van der Waals surface area contributed by atoms with Crippen molar-refractivity contribution in [2.45, 2.75) is 6.36 Å². The topological polar surface area (TPSA) is 52.3 Å². The number of alkyl halides is 3. The molecule has 2 aromatic rings. The van der Waals surface area contributed by atoms with Gasteiger partial charge in [-0.1, -0.05) is 0 Å². The van der Waals surface area contributed by atoms with Gasteiger partial charge in [0.1, 0.15) is 5.52 Å². The van der Waals surface area contributed by atoms with Crippen LogP contribution in [-0.2, 0) is 4.74 Å². The van der Waals surface area contributed by atoms with Gasteiger partial charge in [-0.15, -0.1) is 13.2 Å². The Morgan fingerprint density at radius 2 is 2.12 bits per heavy atom. The summed E-state index contributed by atoms with van der Waals surface area (Å²) in [7, 11) is 0. The van der Waals surface area contributed by atoms with Gasteiger partial charge in [0.15, 0.2) is 12.0 Å². The van der Waals surface area contributed by atoms with Crippen molar-refractivity contribution >= 4 is 17.1 Å². The molecule has 0 aliphatic carbocycles. The number of aromatic nitrogens is 1. The number of oxazole rings is 1. The molecule has 0 atom stereocenters. The van der Waals surface area contributed by atoms with Crippen LogP contribution in [-0.4, -0.2) is 17.3 Å². The number of benzene rings is 1. The smallest absolute Gasteiger partial charge is 0.443 e. The Kier molecular flexibility index (Phi) is 2.30. The molecular weight excluding hydrogens is 227 g/mol. The fraction of sp³-hybridized carbons (Fsp3) is 0.111. The Morgan fingerprint density at radius 3 is 2.81 bits per heavy atom. The molecule has 0 N–H and O–H groups in total. The second-order valence-corrected chi connectivity index (χ2v) is 2.87. The summed E-state index contributed by atoms with van der Waals surface area (Å²) >= 11 is 0. The van der Waals surface area contributed by atoms with Crippen LogP contribution in [0.5, 0.6) is 0 Å². The molecule has 1 aromatic carbocycles. The van der Waals surface area contributed by atoms with Gasteiger partial charge >= 0.3 is 12.3 Å². The van der Waals surface area contributed by atoms with Gasteiger partial charge in [-0.05, 0) is 18.2 Å². The Bertz CT molecular complexity index is 532. The van der Waals surface area contributed by atoms with E-state index in [1.807, 2.05) is 0 Å². The van der Waals surface area contributed by atoms with Crippen molar-refractivity contribution in [3.8, 4) is 0 Å². The largest absolute Gasteiger partial charge is 0.575 e. The third kappa shape index (κ3) is 2.13. The molecule has 0 fully saturated rings. The predicted molar refractivity (Wildman–Crippen MR) is 45.5 cm³/mol. The quantitative estimate of drug-likeness (QED) is 0.707. The van der Waals surface area contributed by atoms with Crippen molar-refractivity contribution in [2.24, 2.45) is 0 Å². The van der Waals surface area contributed by atoms with E-state index in [9.17, 15) is 18.0 Å². The first-order valence-corrected chi connectivity index (χ1v) is 4.09. The number of rotatable bonds is 1. The number of hydrogen-bond acceptors (Lipinski definition) is 4. The van der Waals surface area contributed by atoms with E-state index in [1.54, 1.807) is 0 Å². The lowest BCUT2D eigenvalue weighted by Gasteiger charge is -2.06. The minimum absolute atomic E-state index is 0.237. The minimum Gasteiger partial charge on any atom is -0.443 e. The third-order valence-corrected chi connectivity index (χ3v) is 1.77. The van der Waals surface area contributed by atoms with Gasteiger partial charge in [0.2, 0.25) is 0 Å². The maximum absolute atomic E-state index is 11.8. The Labute approximate surface area is 86.6 Å². The average Bonchev–Trinajstić information content (AvgIpc) is 2.61. The highest BCUT2D eigenvalue weighted by Gasteiger charge is 2.34. The fourth-order valence-electron chi connectivity index (χ4n) is 1.15. The Morgan fingerprint density at radius 1 is 1.38 bits per heavy atom. The molecule has 0 spiro atoms. The van der Waals surface area contributed by atoms with Crippen molar-refractivity contribution in [2.75, 3.05) is 0 Å². The van der Waals surface area contributed by atoms with Crippen molar-refractivity contribution in [1.29, 1.82) is 0 Å². The van der Waals surface area contributed by atoms with Crippen LogP contribution >= 0.6 is 0 Å². The number of nitrogens with zero attached hydrogens (tertiary/aromatic N) is 1. The van der Waals surface area contributed by atoms with Gasteiger partial charge in [-0.3, -0.25) is 0 Å². The van der Waals surface area contributed by atoms with Crippen LogP contribution in [0.3, 0.4) is 0 Å². The number of carbonyl (C=O) groups excluding carboxylic acids is 1. The summed E-state index contributed by atoms with van der Waals surface area (Å²) in [5.74, 6) is -1.47. The number of ether oxygens (including phenoxy) is 1. The molecule has 84 valence electrons. The van der Waals surface area contributed by atoms with E-state index in [-0.39, 0.29) is 11.1 Å². The van der Waals surface area contributed by atoms with Crippen LogP contribution in [0.25, 0.3) is 11.1 Å². The highest BCUT2D eigenvalue weighted by Crippen LogP contribution is 2.20. The maximum atomic E-state index is 11.8. The van der Waals surface area contributed by atoms with Crippen LogP contribution in [0.15, 0.2) is 29.0 Å². The molecule has 0 aliphatic heterocycles. The van der Waals surface area contributed by atoms with E-state index >= 15 is 0 Å². The number of carbonyl (C=O) groups is 1. The van der Waals surface area contributed by atoms with Gasteiger partial charge in [-0.2, -0.15) is 0 Å². The van der Waals surface area contributed by atoms with Crippen molar-refractivity contribution in [1.82, 2.24) is 4.98 Å². The molecule has 0 bridgehead atoms. The first kappa shape index (κ1) is 10.5. The zero-order valence-electron chi connectivity index (χ0n) is 7.62. The van der Waals surface area contributed by atoms with Gasteiger partial charge in [0, 0.05) is 0 Å². The number of hydrogen-bond donors (Lipinski definition) is 0. The van der Waals surface area contributed by atoms with E-state index in [2.05, 4.69) is 9.72 Å². The predicted octanol–water partition coefficient (Wildman–Crippen LogP) is 2.50. The zero-order chi connectivity index (χ0) is 11.8. The molecule has 0 saturated carbocycles. The van der Waals surface area contributed by atoms with Crippen molar-refractivity contribution in [3.63, 3.8) is 0 Å².